The maximum absolute atomic E-state index is 12.8. The molecule has 234 valence electrons. The molecule has 0 unspecified atom stereocenters. The number of carbonyl (C=O) groups is 6. The van der Waals surface area contributed by atoms with E-state index in [0.717, 1.165) is 5.56 Å². The monoisotopic (exact) mass is 603 g/mol. The number of amides is 6. The average molecular weight is 604 g/mol. The number of benzene rings is 2. The van der Waals surface area contributed by atoms with Crippen molar-refractivity contribution in [3.8, 4) is 0 Å². The third-order valence-corrected chi connectivity index (χ3v) is 7.14. The summed E-state index contributed by atoms with van der Waals surface area (Å²) in [4.78, 5) is 74.6. The van der Waals surface area contributed by atoms with Crippen LogP contribution in [-0.2, 0) is 35.2 Å². The smallest absolute Gasteiger partial charge is 0.253 e. The van der Waals surface area contributed by atoms with Crippen LogP contribution in [0.5, 0.6) is 0 Å². The highest BCUT2D eigenvalue weighted by atomic mass is 16.2. The Morgan fingerprint density at radius 1 is 0.727 bits per heavy atom. The van der Waals surface area contributed by atoms with Crippen molar-refractivity contribution in [1.82, 2.24) is 15.5 Å². The summed E-state index contributed by atoms with van der Waals surface area (Å²) in [5.74, 6) is -2.38. The molecule has 44 heavy (non-hydrogen) atoms. The van der Waals surface area contributed by atoms with E-state index in [1.54, 1.807) is 38.1 Å². The van der Waals surface area contributed by atoms with Crippen LogP contribution in [0.1, 0.15) is 52.0 Å². The summed E-state index contributed by atoms with van der Waals surface area (Å²) in [6.45, 7) is 5.49. The Hall–Kier alpha value is -4.80. The third-order valence-electron chi connectivity index (χ3n) is 7.14. The van der Waals surface area contributed by atoms with Crippen molar-refractivity contribution in [3.05, 3.63) is 72.3 Å². The topological polar surface area (TPSA) is 154 Å². The Morgan fingerprint density at radius 3 is 1.95 bits per heavy atom. The van der Waals surface area contributed by atoms with Crippen molar-refractivity contribution >= 4 is 46.8 Å². The first-order valence-electron chi connectivity index (χ1n) is 14.9. The van der Waals surface area contributed by atoms with Gasteiger partial charge in [0.2, 0.25) is 23.6 Å². The standard InChI is InChI=1S/C33H41N5O6/c1-22(2)31(37-27(39)12-8-5-9-19-38-29(41)17-18-30(38)42)33(44)34-21-28(40)35-25-13-15-26(16-14-25)36-32(43)23(3)20-24-10-6-4-7-11-24/h4,6-7,10-11,13-18,22-23,31H,5,8-9,12,19-21H2,1-3H3,(H,34,44)(H,35,40)(H,36,43)(H,37,39)/t23-,31-/m0/s1. The minimum atomic E-state index is -0.812. The second-order valence-electron chi connectivity index (χ2n) is 11.2. The van der Waals surface area contributed by atoms with Crippen LogP contribution in [0.2, 0.25) is 0 Å². The molecule has 2 atom stereocenters. The van der Waals surface area contributed by atoms with Crippen molar-refractivity contribution in [2.45, 2.75) is 58.9 Å². The van der Waals surface area contributed by atoms with Gasteiger partial charge in [-0.3, -0.25) is 33.7 Å². The fourth-order valence-electron chi connectivity index (χ4n) is 4.61. The summed E-state index contributed by atoms with van der Waals surface area (Å²) in [6, 6.07) is 15.7. The largest absolute Gasteiger partial charge is 0.345 e. The summed E-state index contributed by atoms with van der Waals surface area (Å²) in [7, 11) is 0. The number of nitrogens with zero attached hydrogens (tertiary/aromatic N) is 1. The zero-order valence-corrected chi connectivity index (χ0v) is 25.4. The Balaban J connectivity index is 1.36. The first-order valence-corrected chi connectivity index (χ1v) is 14.9. The molecule has 0 spiro atoms. The zero-order valence-electron chi connectivity index (χ0n) is 25.4. The maximum Gasteiger partial charge on any atom is 0.253 e. The van der Waals surface area contributed by atoms with Gasteiger partial charge in [0.15, 0.2) is 0 Å². The van der Waals surface area contributed by atoms with Gasteiger partial charge in [-0.15, -0.1) is 0 Å². The van der Waals surface area contributed by atoms with Gasteiger partial charge in [0.25, 0.3) is 11.8 Å². The van der Waals surface area contributed by atoms with Crippen molar-refractivity contribution in [1.29, 1.82) is 0 Å². The van der Waals surface area contributed by atoms with Crippen molar-refractivity contribution in [2.24, 2.45) is 11.8 Å². The lowest BCUT2D eigenvalue weighted by atomic mass is 10.0. The molecule has 0 aliphatic carbocycles. The number of imide groups is 1. The van der Waals surface area contributed by atoms with Gasteiger partial charge < -0.3 is 21.3 Å². The second kappa shape index (κ2) is 16.7. The number of nitrogens with one attached hydrogen (secondary N) is 4. The summed E-state index contributed by atoms with van der Waals surface area (Å²) in [6.07, 6.45) is 5.07. The fourth-order valence-corrected chi connectivity index (χ4v) is 4.61. The summed E-state index contributed by atoms with van der Waals surface area (Å²) >= 11 is 0. The van der Waals surface area contributed by atoms with Gasteiger partial charge in [-0.2, -0.15) is 0 Å². The van der Waals surface area contributed by atoms with Gasteiger partial charge in [0.05, 0.1) is 6.54 Å². The molecule has 1 heterocycles. The predicted molar refractivity (Wildman–Crippen MR) is 167 cm³/mol. The molecular weight excluding hydrogens is 562 g/mol. The van der Waals surface area contributed by atoms with E-state index in [4.69, 9.17) is 0 Å². The lowest BCUT2D eigenvalue weighted by molar-refractivity contribution is -0.137. The first-order chi connectivity index (χ1) is 21.0. The SMILES string of the molecule is CC(C)[C@H](NC(=O)CCCCCN1C(=O)C=CC1=O)C(=O)NCC(=O)Nc1ccc(NC(=O)[C@@H](C)Cc2ccccc2)cc1. The highest BCUT2D eigenvalue weighted by Crippen LogP contribution is 2.16. The number of rotatable bonds is 16. The molecule has 6 amide bonds. The van der Waals surface area contributed by atoms with Crippen LogP contribution in [0.4, 0.5) is 11.4 Å². The molecule has 1 aliphatic rings. The highest BCUT2D eigenvalue weighted by molar-refractivity contribution is 6.12. The summed E-state index contributed by atoms with van der Waals surface area (Å²) in [5.41, 5.74) is 2.19. The summed E-state index contributed by atoms with van der Waals surface area (Å²) < 4.78 is 0. The molecule has 0 aromatic heterocycles. The Morgan fingerprint density at radius 2 is 1.34 bits per heavy atom. The quantitative estimate of drug-likeness (QED) is 0.171. The average Bonchev–Trinajstić information content (AvgIpc) is 3.32. The van der Waals surface area contributed by atoms with Crippen LogP contribution in [0.25, 0.3) is 0 Å². The zero-order chi connectivity index (χ0) is 32.1. The van der Waals surface area contributed by atoms with E-state index >= 15 is 0 Å². The molecule has 2 aromatic carbocycles. The minimum absolute atomic E-state index is 0.106. The normalized spacial score (nSPS) is 13.9. The fraction of sp³-hybridized carbons (Fsp3) is 0.394. The van der Waals surface area contributed by atoms with Gasteiger partial charge >= 0.3 is 0 Å². The lowest BCUT2D eigenvalue weighted by Gasteiger charge is -2.21. The van der Waals surface area contributed by atoms with Crippen LogP contribution in [0.15, 0.2) is 66.7 Å². The van der Waals surface area contributed by atoms with Gasteiger partial charge in [-0.25, -0.2) is 0 Å². The molecule has 11 nitrogen and oxygen atoms in total. The lowest BCUT2D eigenvalue weighted by Crippen LogP contribution is -2.51. The van der Waals surface area contributed by atoms with E-state index in [-0.39, 0.29) is 48.4 Å². The van der Waals surface area contributed by atoms with Gasteiger partial charge in [0, 0.05) is 42.4 Å². The number of anilines is 2. The Kier molecular flexibility index (Phi) is 12.8. The van der Waals surface area contributed by atoms with Gasteiger partial charge in [-0.05, 0) is 55.0 Å². The molecule has 4 N–H and O–H groups in total. The van der Waals surface area contributed by atoms with Crippen molar-refractivity contribution in [3.63, 3.8) is 0 Å². The second-order valence-corrected chi connectivity index (χ2v) is 11.2. The van der Waals surface area contributed by atoms with Crippen molar-refractivity contribution < 1.29 is 28.8 Å². The van der Waals surface area contributed by atoms with E-state index in [9.17, 15) is 28.8 Å². The van der Waals surface area contributed by atoms with E-state index in [0.29, 0.717) is 43.6 Å². The Bertz CT molecular complexity index is 1340. The number of carbonyl (C=O) groups excluding carboxylic acids is 6. The highest BCUT2D eigenvalue weighted by Gasteiger charge is 2.25. The molecule has 0 fully saturated rings. The first kappa shape index (κ1) is 33.7. The molecule has 2 aromatic rings. The molecule has 0 bridgehead atoms. The van der Waals surface area contributed by atoms with Crippen LogP contribution >= 0.6 is 0 Å². The van der Waals surface area contributed by atoms with Gasteiger partial charge in [0.1, 0.15) is 6.04 Å². The van der Waals surface area contributed by atoms with E-state index < -0.39 is 17.9 Å². The summed E-state index contributed by atoms with van der Waals surface area (Å²) in [5, 5.41) is 10.9. The number of unbranched alkanes of at least 4 members (excludes halogenated alkanes) is 2. The molecule has 3 rings (SSSR count). The molecule has 0 radical (unpaired) electrons. The van der Waals surface area contributed by atoms with Crippen molar-refractivity contribution in [2.75, 3.05) is 23.7 Å². The molecular formula is C33H41N5O6. The van der Waals surface area contributed by atoms with E-state index in [1.807, 2.05) is 37.3 Å². The molecule has 0 saturated heterocycles. The van der Waals surface area contributed by atoms with Crippen LogP contribution in [-0.4, -0.2) is 59.5 Å². The number of hydrogen-bond donors (Lipinski definition) is 4. The van der Waals surface area contributed by atoms with E-state index in [1.165, 1.54) is 17.1 Å². The Labute approximate surface area is 257 Å². The van der Waals surface area contributed by atoms with Crippen LogP contribution in [0.3, 0.4) is 0 Å². The molecule has 0 saturated carbocycles. The number of hydrogen-bond acceptors (Lipinski definition) is 6. The van der Waals surface area contributed by atoms with Crippen LogP contribution < -0.4 is 21.3 Å². The third kappa shape index (κ3) is 10.8. The van der Waals surface area contributed by atoms with E-state index in [2.05, 4.69) is 21.3 Å². The van der Waals surface area contributed by atoms with Gasteiger partial charge in [-0.1, -0.05) is 57.5 Å². The molecule has 1 aliphatic heterocycles. The minimum Gasteiger partial charge on any atom is -0.345 e. The maximum atomic E-state index is 12.8. The predicted octanol–water partition coefficient (Wildman–Crippen LogP) is 3.18. The molecule has 11 heteroatoms. The van der Waals surface area contributed by atoms with Crippen LogP contribution in [0, 0.1) is 11.8 Å².